The van der Waals surface area contributed by atoms with Crippen molar-refractivity contribution in [2.45, 2.75) is 32.1 Å². The fourth-order valence-corrected chi connectivity index (χ4v) is 2.78. The molecule has 18 heavy (non-hydrogen) atoms. The van der Waals surface area contributed by atoms with Crippen LogP contribution in [0.5, 0.6) is 0 Å². The minimum atomic E-state index is 0.253. The molecule has 0 amide bonds. The van der Waals surface area contributed by atoms with Crippen LogP contribution in [0.4, 0.5) is 0 Å². The first-order chi connectivity index (χ1) is 8.54. The first-order valence-corrected chi connectivity index (χ1v) is 7.63. The lowest BCUT2D eigenvalue weighted by atomic mass is 10.1. The lowest BCUT2D eigenvalue weighted by molar-refractivity contribution is 0.787. The van der Waals surface area contributed by atoms with Crippen molar-refractivity contribution in [2.24, 2.45) is 0 Å². The second-order valence-electron chi connectivity index (χ2n) is 5.10. The highest BCUT2D eigenvalue weighted by Crippen LogP contribution is 2.24. The quantitative estimate of drug-likeness (QED) is 0.842. The molecule has 4 heteroatoms. The Hall–Kier alpha value is -0.840. The van der Waals surface area contributed by atoms with Crippen LogP contribution in [-0.4, -0.2) is 9.73 Å². The van der Waals surface area contributed by atoms with Crippen molar-refractivity contribution in [3.8, 4) is 10.4 Å². The van der Waals surface area contributed by atoms with E-state index in [9.17, 15) is 0 Å². The largest absolute Gasteiger partial charge is 0.259 e. The third kappa shape index (κ3) is 4.12. The number of nitrogens with one attached hydrogen (secondary N) is 1. The van der Waals surface area contributed by atoms with Crippen LogP contribution < -0.4 is 4.72 Å². The molecule has 2 aromatic rings. The first kappa shape index (κ1) is 13.6. The second-order valence-corrected chi connectivity index (χ2v) is 7.70. The summed E-state index contributed by atoms with van der Waals surface area (Å²) in [5.74, 6) is 0. The summed E-state index contributed by atoms with van der Waals surface area (Å²) in [6.07, 6.45) is 1.91. The van der Waals surface area contributed by atoms with E-state index in [0.717, 1.165) is 6.54 Å². The Kier molecular flexibility index (Phi) is 4.43. The molecule has 0 aliphatic heterocycles. The third-order valence-electron chi connectivity index (χ3n) is 2.33. The van der Waals surface area contributed by atoms with Crippen molar-refractivity contribution >= 4 is 23.3 Å². The van der Waals surface area contributed by atoms with Crippen LogP contribution in [0.3, 0.4) is 0 Å². The average molecular weight is 278 g/mol. The van der Waals surface area contributed by atoms with Gasteiger partial charge in [0.1, 0.15) is 0 Å². The number of thiazole rings is 1. The summed E-state index contributed by atoms with van der Waals surface area (Å²) in [5.41, 5.74) is 4.41. The van der Waals surface area contributed by atoms with Gasteiger partial charge < -0.3 is 0 Å². The molecule has 0 atom stereocenters. The maximum Gasteiger partial charge on any atom is 0.0797 e. The summed E-state index contributed by atoms with van der Waals surface area (Å²) in [5, 5.41) is 0. The zero-order valence-corrected chi connectivity index (χ0v) is 12.6. The summed E-state index contributed by atoms with van der Waals surface area (Å²) in [6.45, 7) is 7.51. The topological polar surface area (TPSA) is 24.9 Å². The van der Waals surface area contributed by atoms with Gasteiger partial charge in [0.2, 0.25) is 0 Å². The van der Waals surface area contributed by atoms with Crippen LogP contribution in [0.2, 0.25) is 0 Å². The van der Waals surface area contributed by atoms with Crippen molar-refractivity contribution in [3.05, 3.63) is 41.5 Å². The lowest BCUT2D eigenvalue weighted by Gasteiger charge is -2.17. The molecule has 96 valence electrons. The SMILES string of the molecule is CC(C)(C)SNCc1ccc(-c2cncs2)cc1. The van der Waals surface area contributed by atoms with E-state index in [1.54, 1.807) is 23.3 Å². The number of hydrogen-bond donors (Lipinski definition) is 1. The molecule has 0 unspecified atom stereocenters. The Morgan fingerprint density at radius 1 is 1.22 bits per heavy atom. The summed E-state index contributed by atoms with van der Waals surface area (Å²) in [7, 11) is 0. The molecule has 0 bridgehead atoms. The molecule has 1 aromatic carbocycles. The van der Waals surface area contributed by atoms with E-state index in [2.05, 4.69) is 54.7 Å². The number of rotatable bonds is 4. The van der Waals surface area contributed by atoms with Crippen LogP contribution >= 0.6 is 23.3 Å². The number of benzene rings is 1. The Labute approximate surface area is 117 Å². The Bertz CT molecular complexity index is 469. The fourth-order valence-electron chi connectivity index (χ4n) is 1.48. The van der Waals surface area contributed by atoms with Gasteiger partial charge in [-0.15, -0.1) is 11.3 Å². The van der Waals surface area contributed by atoms with Gasteiger partial charge in [0.25, 0.3) is 0 Å². The fraction of sp³-hybridized carbons (Fsp3) is 0.357. The molecular formula is C14H18N2S2. The van der Waals surface area contributed by atoms with Crippen LogP contribution in [0, 0.1) is 0 Å². The summed E-state index contributed by atoms with van der Waals surface area (Å²) in [4.78, 5) is 5.32. The Morgan fingerprint density at radius 2 is 1.94 bits per heavy atom. The highest BCUT2D eigenvalue weighted by atomic mass is 32.2. The second kappa shape index (κ2) is 5.87. The van der Waals surface area contributed by atoms with Gasteiger partial charge in [-0.05, 0) is 31.9 Å². The van der Waals surface area contributed by atoms with Crippen molar-refractivity contribution < 1.29 is 0 Å². The first-order valence-electron chi connectivity index (χ1n) is 5.93. The van der Waals surface area contributed by atoms with Gasteiger partial charge in [-0.2, -0.15) is 0 Å². The minimum absolute atomic E-state index is 0.253. The van der Waals surface area contributed by atoms with Gasteiger partial charge in [0, 0.05) is 17.5 Å². The predicted molar refractivity (Wildman–Crippen MR) is 81.7 cm³/mol. The van der Waals surface area contributed by atoms with Crippen LogP contribution in [-0.2, 0) is 6.54 Å². The molecule has 0 saturated carbocycles. The van der Waals surface area contributed by atoms with Gasteiger partial charge in [-0.1, -0.05) is 36.2 Å². The Balaban J connectivity index is 1.92. The molecule has 1 heterocycles. The highest BCUT2D eigenvalue weighted by molar-refractivity contribution is 7.98. The number of aromatic nitrogens is 1. The van der Waals surface area contributed by atoms with E-state index in [1.165, 1.54) is 16.0 Å². The van der Waals surface area contributed by atoms with Crippen molar-refractivity contribution in [1.29, 1.82) is 0 Å². The smallest absolute Gasteiger partial charge is 0.0797 e. The van der Waals surface area contributed by atoms with Crippen molar-refractivity contribution in [2.75, 3.05) is 0 Å². The van der Waals surface area contributed by atoms with Gasteiger partial charge in [-0.25, -0.2) is 0 Å². The summed E-state index contributed by atoms with van der Waals surface area (Å²) in [6, 6.07) is 8.66. The van der Waals surface area contributed by atoms with E-state index in [-0.39, 0.29) is 4.75 Å². The normalized spacial score (nSPS) is 11.7. The minimum Gasteiger partial charge on any atom is -0.259 e. The maximum absolute atomic E-state index is 4.10. The molecule has 1 N–H and O–H groups in total. The van der Waals surface area contributed by atoms with E-state index >= 15 is 0 Å². The zero-order chi connectivity index (χ0) is 13.0. The molecule has 2 nitrogen and oxygen atoms in total. The number of nitrogens with zero attached hydrogens (tertiary/aromatic N) is 1. The lowest BCUT2D eigenvalue weighted by Crippen LogP contribution is -2.16. The molecule has 1 aromatic heterocycles. The molecule has 0 aliphatic rings. The molecule has 0 fully saturated rings. The highest BCUT2D eigenvalue weighted by Gasteiger charge is 2.09. The van der Waals surface area contributed by atoms with E-state index in [0.29, 0.717) is 0 Å². The van der Waals surface area contributed by atoms with E-state index in [1.807, 2.05) is 11.7 Å². The van der Waals surface area contributed by atoms with E-state index < -0.39 is 0 Å². The summed E-state index contributed by atoms with van der Waals surface area (Å²) < 4.78 is 3.66. The molecule has 0 radical (unpaired) electrons. The Morgan fingerprint density at radius 3 is 2.50 bits per heavy atom. The van der Waals surface area contributed by atoms with Gasteiger partial charge >= 0.3 is 0 Å². The van der Waals surface area contributed by atoms with Crippen LogP contribution in [0.1, 0.15) is 26.3 Å². The molecule has 0 aliphatic carbocycles. The van der Waals surface area contributed by atoms with Gasteiger partial charge in [0.15, 0.2) is 0 Å². The van der Waals surface area contributed by atoms with Crippen molar-refractivity contribution in [3.63, 3.8) is 0 Å². The average Bonchev–Trinajstić information content (AvgIpc) is 2.82. The maximum atomic E-state index is 4.10. The standard InChI is InChI=1S/C14H18N2S2/c1-14(2,3)18-16-8-11-4-6-12(7-5-11)13-9-15-10-17-13/h4-7,9-10,16H,8H2,1-3H3. The van der Waals surface area contributed by atoms with Gasteiger partial charge in [0.05, 0.1) is 10.4 Å². The molecular weight excluding hydrogens is 260 g/mol. The molecule has 0 spiro atoms. The third-order valence-corrected chi connectivity index (χ3v) is 4.05. The molecule has 0 saturated heterocycles. The number of hydrogen-bond acceptors (Lipinski definition) is 4. The summed E-state index contributed by atoms with van der Waals surface area (Å²) >= 11 is 3.44. The van der Waals surface area contributed by atoms with Crippen LogP contribution in [0.25, 0.3) is 10.4 Å². The van der Waals surface area contributed by atoms with Crippen LogP contribution in [0.15, 0.2) is 36.0 Å². The zero-order valence-electron chi connectivity index (χ0n) is 10.9. The van der Waals surface area contributed by atoms with Crippen molar-refractivity contribution in [1.82, 2.24) is 9.71 Å². The predicted octanol–water partition coefficient (Wildman–Crippen LogP) is 4.35. The van der Waals surface area contributed by atoms with Gasteiger partial charge in [-0.3, -0.25) is 9.71 Å². The monoisotopic (exact) mass is 278 g/mol. The molecule has 2 rings (SSSR count). The van der Waals surface area contributed by atoms with E-state index in [4.69, 9.17) is 0 Å².